The summed E-state index contributed by atoms with van der Waals surface area (Å²) in [5.41, 5.74) is 3.56. The number of fused-ring (bicyclic) bond motifs is 1. The molecule has 7 nitrogen and oxygen atoms in total. The van der Waals surface area contributed by atoms with Crippen molar-refractivity contribution in [2.45, 2.75) is 26.8 Å². The van der Waals surface area contributed by atoms with Gasteiger partial charge in [0.05, 0.1) is 11.4 Å². The van der Waals surface area contributed by atoms with Crippen LogP contribution in [0.4, 0.5) is 11.4 Å². The second-order valence-corrected chi connectivity index (χ2v) is 7.02. The van der Waals surface area contributed by atoms with Crippen molar-refractivity contribution >= 4 is 34.3 Å². The van der Waals surface area contributed by atoms with Gasteiger partial charge in [0, 0.05) is 37.0 Å². The van der Waals surface area contributed by atoms with E-state index in [1.54, 1.807) is 23.1 Å². The van der Waals surface area contributed by atoms with Crippen LogP contribution in [0.2, 0.25) is 0 Å². The molecule has 1 fully saturated rings. The van der Waals surface area contributed by atoms with Gasteiger partial charge in [-0.3, -0.25) is 14.2 Å². The number of amides is 2. The Morgan fingerprint density at radius 3 is 2.64 bits per heavy atom. The molecular formula is C21H21N3O4. The van der Waals surface area contributed by atoms with Crippen molar-refractivity contribution in [1.29, 1.82) is 0 Å². The van der Waals surface area contributed by atoms with Crippen molar-refractivity contribution in [3.8, 4) is 0 Å². The van der Waals surface area contributed by atoms with Crippen molar-refractivity contribution < 1.29 is 14.0 Å². The predicted molar refractivity (Wildman–Crippen MR) is 106 cm³/mol. The molecular weight excluding hydrogens is 358 g/mol. The summed E-state index contributed by atoms with van der Waals surface area (Å²) in [4.78, 5) is 38.5. The summed E-state index contributed by atoms with van der Waals surface area (Å²) >= 11 is 0. The molecule has 2 amide bonds. The van der Waals surface area contributed by atoms with Gasteiger partial charge in [-0.2, -0.15) is 0 Å². The molecule has 7 heteroatoms. The lowest BCUT2D eigenvalue weighted by atomic mass is 10.1. The van der Waals surface area contributed by atoms with E-state index in [0.717, 1.165) is 11.3 Å². The van der Waals surface area contributed by atoms with Crippen LogP contribution in [-0.2, 0) is 16.1 Å². The smallest absolute Gasteiger partial charge is 0.408 e. The summed E-state index contributed by atoms with van der Waals surface area (Å²) in [6.45, 7) is 4.70. The van der Waals surface area contributed by atoms with E-state index in [4.69, 9.17) is 4.42 Å². The number of carbonyl (C=O) groups excluding carboxylic acids is 2. The molecule has 1 aliphatic rings. The van der Waals surface area contributed by atoms with E-state index < -0.39 is 11.7 Å². The standard InChI is InChI=1S/C21H21N3O4/c1-3-23-17-9-6-15(11-18(17)28-21(23)27)22-20(26)14-10-19(25)24(12-14)16-7-4-13(2)5-8-16/h4-9,11,14H,3,10,12H2,1-2H3,(H,22,26). The minimum atomic E-state index is -0.434. The predicted octanol–water partition coefficient (Wildman–Crippen LogP) is 2.91. The maximum Gasteiger partial charge on any atom is 0.419 e. The molecule has 1 aliphatic heterocycles. The van der Waals surface area contributed by atoms with Crippen LogP contribution >= 0.6 is 0 Å². The minimum absolute atomic E-state index is 0.0644. The molecule has 0 saturated carbocycles. The number of hydrogen-bond acceptors (Lipinski definition) is 4. The van der Waals surface area contributed by atoms with Crippen molar-refractivity contribution in [3.63, 3.8) is 0 Å². The molecule has 1 saturated heterocycles. The lowest BCUT2D eigenvalue weighted by Gasteiger charge is -2.17. The lowest BCUT2D eigenvalue weighted by molar-refractivity contribution is -0.122. The zero-order chi connectivity index (χ0) is 19.8. The largest absolute Gasteiger partial charge is 0.419 e. The number of nitrogens with one attached hydrogen (secondary N) is 1. The second-order valence-electron chi connectivity index (χ2n) is 7.02. The Hall–Kier alpha value is -3.35. The van der Waals surface area contributed by atoms with E-state index in [-0.39, 0.29) is 18.2 Å². The molecule has 0 aliphatic carbocycles. The van der Waals surface area contributed by atoms with Crippen molar-refractivity contribution in [2.24, 2.45) is 5.92 Å². The highest BCUT2D eigenvalue weighted by Gasteiger charge is 2.35. The Kier molecular flexibility index (Phi) is 4.50. The first-order valence-corrected chi connectivity index (χ1v) is 9.27. The Morgan fingerprint density at radius 1 is 1.18 bits per heavy atom. The van der Waals surface area contributed by atoms with Crippen LogP contribution in [0.1, 0.15) is 18.9 Å². The van der Waals surface area contributed by atoms with Gasteiger partial charge < -0.3 is 14.6 Å². The first-order valence-electron chi connectivity index (χ1n) is 9.27. The number of carbonyl (C=O) groups is 2. The van der Waals surface area contributed by atoms with Gasteiger partial charge in [0.1, 0.15) is 0 Å². The number of aromatic nitrogens is 1. The quantitative estimate of drug-likeness (QED) is 0.755. The monoisotopic (exact) mass is 379 g/mol. The van der Waals surface area contributed by atoms with Crippen molar-refractivity contribution in [2.75, 3.05) is 16.8 Å². The van der Waals surface area contributed by atoms with E-state index in [2.05, 4.69) is 5.32 Å². The number of anilines is 2. The van der Waals surface area contributed by atoms with E-state index >= 15 is 0 Å². The summed E-state index contributed by atoms with van der Waals surface area (Å²) in [6, 6.07) is 12.8. The highest BCUT2D eigenvalue weighted by molar-refractivity contribution is 6.03. The van der Waals surface area contributed by atoms with Crippen LogP contribution in [0.5, 0.6) is 0 Å². The summed E-state index contributed by atoms with van der Waals surface area (Å²) < 4.78 is 6.76. The Morgan fingerprint density at radius 2 is 1.93 bits per heavy atom. The van der Waals surface area contributed by atoms with Gasteiger partial charge in [0.2, 0.25) is 11.8 Å². The molecule has 3 aromatic rings. The van der Waals surface area contributed by atoms with E-state index in [1.807, 2.05) is 38.1 Å². The molecule has 2 heterocycles. The minimum Gasteiger partial charge on any atom is -0.408 e. The number of rotatable bonds is 4. The van der Waals surface area contributed by atoms with Crippen LogP contribution in [0.15, 0.2) is 51.7 Å². The normalized spacial score (nSPS) is 16.7. The highest BCUT2D eigenvalue weighted by atomic mass is 16.4. The van der Waals surface area contributed by atoms with Gasteiger partial charge in [-0.05, 0) is 38.1 Å². The van der Waals surface area contributed by atoms with Gasteiger partial charge in [-0.1, -0.05) is 17.7 Å². The molecule has 1 unspecified atom stereocenters. The van der Waals surface area contributed by atoms with Crippen LogP contribution in [0, 0.1) is 12.8 Å². The maximum atomic E-state index is 12.7. The highest BCUT2D eigenvalue weighted by Crippen LogP contribution is 2.27. The number of hydrogen-bond donors (Lipinski definition) is 1. The zero-order valence-corrected chi connectivity index (χ0v) is 15.8. The first-order chi connectivity index (χ1) is 13.5. The molecule has 2 aromatic carbocycles. The zero-order valence-electron chi connectivity index (χ0n) is 15.8. The Balaban J connectivity index is 1.49. The van der Waals surface area contributed by atoms with Gasteiger partial charge >= 0.3 is 5.76 Å². The fourth-order valence-electron chi connectivity index (χ4n) is 3.55. The summed E-state index contributed by atoms with van der Waals surface area (Å²) in [5, 5.41) is 2.84. The summed E-state index contributed by atoms with van der Waals surface area (Å²) in [7, 11) is 0. The topological polar surface area (TPSA) is 84.5 Å². The molecule has 0 spiro atoms. The van der Waals surface area contributed by atoms with Crippen molar-refractivity contribution in [1.82, 2.24) is 4.57 Å². The second kappa shape index (κ2) is 6.99. The maximum absolute atomic E-state index is 12.7. The SMILES string of the molecule is CCn1c(=O)oc2cc(NC(=O)C3CC(=O)N(c4ccc(C)cc4)C3)ccc21. The summed E-state index contributed by atoms with van der Waals surface area (Å²) in [5.74, 6) is -1.14. The van der Waals surface area contributed by atoms with Gasteiger partial charge in [0.25, 0.3) is 0 Å². The van der Waals surface area contributed by atoms with Crippen LogP contribution in [0.3, 0.4) is 0 Å². The third-order valence-electron chi connectivity index (χ3n) is 5.09. The first kappa shape index (κ1) is 18.0. The average molecular weight is 379 g/mol. The molecule has 4 rings (SSSR count). The number of aryl methyl sites for hydroxylation is 2. The Bertz CT molecular complexity index is 1110. The van der Waals surface area contributed by atoms with Crippen LogP contribution in [-0.4, -0.2) is 22.9 Å². The van der Waals surface area contributed by atoms with Crippen molar-refractivity contribution in [3.05, 3.63) is 58.6 Å². The van der Waals surface area contributed by atoms with Gasteiger partial charge in [-0.25, -0.2) is 4.79 Å². The number of oxazole rings is 1. The van der Waals surface area contributed by atoms with Gasteiger partial charge in [-0.15, -0.1) is 0 Å². The number of benzene rings is 2. The van der Waals surface area contributed by atoms with Crippen LogP contribution < -0.4 is 16.0 Å². The molecule has 1 aromatic heterocycles. The fraction of sp³-hybridized carbons (Fsp3) is 0.286. The lowest BCUT2D eigenvalue weighted by Crippen LogP contribution is -2.28. The van der Waals surface area contributed by atoms with Crippen LogP contribution in [0.25, 0.3) is 11.1 Å². The van der Waals surface area contributed by atoms with Gasteiger partial charge in [0.15, 0.2) is 5.58 Å². The third-order valence-corrected chi connectivity index (χ3v) is 5.09. The third kappa shape index (κ3) is 3.19. The molecule has 1 N–H and O–H groups in total. The number of nitrogens with zero attached hydrogens (tertiary/aromatic N) is 2. The molecule has 0 bridgehead atoms. The Labute approximate surface area is 161 Å². The molecule has 1 atom stereocenters. The molecule has 144 valence electrons. The molecule has 28 heavy (non-hydrogen) atoms. The van der Waals surface area contributed by atoms with E-state index in [0.29, 0.717) is 29.9 Å². The van der Waals surface area contributed by atoms with E-state index in [1.165, 1.54) is 4.57 Å². The van der Waals surface area contributed by atoms with E-state index in [9.17, 15) is 14.4 Å². The summed E-state index contributed by atoms with van der Waals surface area (Å²) in [6.07, 6.45) is 0.170. The molecule has 0 radical (unpaired) electrons. The fourth-order valence-corrected chi connectivity index (χ4v) is 3.55. The average Bonchev–Trinajstić information content (AvgIpc) is 3.21.